The van der Waals surface area contributed by atoms with E-state index in [2.05, 4.69) is 16.3 Å². The SMILES string of the molecule is CNCC1CCN(CC(C)C#N)CC1. The minimum Gasteiger partial charge on any atom is -0.319 e. The number of likely N-dealkylation sites (tertiary alicyclic amines) is 1. The van der Waals surface area contributed by atoms with E-state index in [0.717, 1.165) is 19.0 Å². The predicted molar refractivity (Wildman–Crippen MR) is 57.9 cm³/mol. The third-order valence-corrected chi connectivity index (χ3v) is 2.95. The molecular formula is C11H21N3. The molecule has 0 spiro atoms. The van der Waals surface area contributed by atoms with Gasteiger partial charge < -0.3 is 10.2 Å². The maximum absolute atomic E-state index is 8.71. The van der Waals surface area contributed by atoms with Crippen LogP contribution < -0.4 is 5.32 Å². The van der Waals surface area contributed by atoms with Gasteiger partial charge in [-0.3, -0.25) is 0 Å². The number of nitriles is 1. The Kier molecular flexibility index (Phi) is 4.92. The van der Waals surface area contributed by atoms with E-state index in [1.807, 2.05) is 14.0 Å². The summed E-state index contributed by atoms with van der Waals surface area (Å²) in [7, 11) is 2.02. The van der Waals surface area contributed by atoms with Crippen molar-refractivity contribution in [2.75, 3.05) is 33.2 Å². The molecule has 0 aromatic carbocycles. The van der Waals surface area contributed by atoms with E-state index >= 15 is 0 Å². The third-order valence-electron chi connectivity index (χ3n) is 2.95. The summed E-state index contributed by atoms with van der Waals surface area (Å²) in [6, 6.07) is 2.29. The van der Waals surface area contributed by atoms with Crippen molar-refractivity contribution < 1.29 is 0 Å². The fraction of sp³-hybridized carbons (Fsp3) is 0.909. The molecule has 80 valence electrons. The Hall–Kier alpha value is -0.590. The molecule has 3 heteroatoms. The van der Waals surface area contributed by atoms with E-state index < -0.39 is 0 Å². The Bertz CT molecular complexity index is 189. The molecule has 1 fully saturated rings. The van der Waals surface area contributed by atoms with Gasteiger partial charge in [-0.25, -0.2) is 0 Å². The van der Waals surface area contributed by atoms with Crippen LogP contribution >= 0.6 is 0 Å². The van der Waals surface area contributed by atoms with Gasteiger partial charge in [0.2, 0.25) is 0 Å². The van der Waals surface area contributed by atoms with E-state index in [9.17, 15) is 0 Å². The molecular weight excluding hydrogens is 174 g/mol. The van der Waals surface area contributed by atoms with Crippen molar-refractivity contribution in [3.63, 3.8) is 0 Å². The van der Waals surface area contributed by atoms with Gasteiger partial charge >= 0.3 is 0 Å². The van der Waals surface area contributed by atoms with E-state index in [4.69, 9.17) is 5.26 Å². The van der Waals surface area contributed by atoms with Gasteiger partial charge in [0, 0.05) is 6.54 Å². The second kappa shape index (κ2) is 6.00. The van der Waals surface area contributed by atoms with Crippen molar-refractivity contribution >= 4 is 0 Å². The first-order chi connectivity index (χ1) is 6.76. The Balaban J connectivity index is 2.19. The molecule has 1 heterocycles. The first-order valence-electron chi connectivity index (χ1n) is 5.52. The topological polar surface area (TPSA) is 39.1 Å². The van der Waals surface area contributed by atoms with Crippen molar-refractivity contribution in [1.29, 1.82) is 5.26 Å². The fourth-order valence-electron chi connectivity index (χ4n) is 2.09. The van der Waals surface area contributed by atoms with Crippen LogP contribution in [0.15, 0.2) is 0 Å². The molecule has 1 N–H and O–H groups in total. The number of nitrogens with one attached hydrogen (secondary N) is 1. The van der Waals surface area contributed by atoms with Crippen molar-refractivity contribution in [3.05, 3.63) is 0 Å². The Morgan fingerprint density at radius 1 is 1.50 bits per heavy atom. The van der Waals surface area contributed by atoms with Crippen molar-refractivity contribution in [3.8, 4) is 6.07 Å². The highest BCUT2D eigenvalue weighted by atomic mass is 15.1. The summed E-state index contributed by atoms with van der Waals surface area (Å²) in [6.07, 6.45) is 2.55. The average molecular weight is 195 g/mol. The van der Waals surface area contributed by atoms with Gasteiger partial charge in [0.15, 0.2) is 0 Å². The molecule has 0 aromatic heterocycles. The minimum absolute atomic E-state index is 0.177. The molecule has 1 aliphatic heterocycles. The van der Waals surface area contributed by atoms with Crippen LogP contribution in [-0.4, -0.2) is 38.1 Å². The van der Waals surface area contributed by atoms with E-state index in [-0.39, 0.29) is 5.92 Å². The lowest BCUT2D eigenvalue weighted by molar-refractivity contribution is 0.173. The fourth-order valence-corrected chi connectivity index (χ4v) is 2.09. The monoisotopic (exact) mass is 195 g/mol. The molecule has 0 bridgehead atoms. The molecule has 14 heavy (non-hydrogen) atoms. The van der Waals surface area contributed by atoms with Crippen LogP contribution in [0.1, 0.15) is 19.8 Å². The zero-order chi connectivity index (χ0) is 10.4. The van der Waals surface area contributed by atoms with Crippen LogP contribution in [-0.2, 0) is 0 Å². The summed E-state index contributed by atoms with van der Waals surface area (Å²) in [5.41, 5.74) is 0. The van der Waals surface area contributed by atoms with E-state index in [1.54, 1.807) is 0 Å². The molecule has 1 saturated heterocycles. The number of piperidine rings is 1. The van der Waals surface area contributed by atoms with Crippen LogP contribution in [0.5, 0.6) is 0 Å². The Morgan fingerprint density at radius 3 is 2.64 bits per heavy atom. The zero-order valence-corrected chi connectivity index (χ0v) is 9.29. The lowest BCUT2D eigenvalue weighted by Crippen LogP contribution is -2.38. The Labute approximate surface area is 87.1 Å². The molecule has 0 amide bonds. The zero-order valence-electron chi connectivity index (χ0n) is 9.29. The van der Waals surface area contributed by atoms with Crippen LogP contribution in [0.3, 0.4) is 0 Å². The highest BCUT2D eigenvalue weighted by Crippen LogP contribution is 2.16. The second-order valence-corrected chi connectivity index (χ2v) is 4.33. The standard InChI is InChI=1S/C11H21N3/c1-10(7-12)9-14-5-3-11(4-6-14)8-13-2/h10-11,13H,3-6,8-9H2,1-2H3. The van der Waals surface area contributed by atoms with Crippen molar-refractivity contribution in [2.45, 2.75) is 19.8 Å². The highest BCUT2D eigenvalue weighted by Gasteiger charge is 2.19. The van der Waals surface area contributed by atoms with E-state index in [1.165, 1.54) is 25.9 Å². The average Bonchev–Trinajstić information content (AvgIpc) is 2.21. The molecule has 0 saturated carbocycles. The number of hydrogen-bond donors (Lipinski definition) is 1. The van der Waals surface area contributed by atoms with Gasteiger partial charge in [0.05, 0.1) is 12.0 Å². The highest BCUT2D eigenvalue weighted by molar-refractivity contribution is 4.83. The second-order valence-electron chi connectivity index (χ2n) is 4.33. The first kappa shape index (κ1) is 11.5. The molecule has 0 aliphatic carbocycles. The predicted octanol–water partition coefficient (Wildman–Crippen LogP) is 1.08. The maximum Gasteiger partial charge on any atom is 0.0666 e. The summed E-state index contributed by atoms with van der Waals surface area (Å²) in [5.74, 6) is 1.02. The number of hydrogen-bond acceptors (Lipinski definition) is 3. The van der Waals surface area contributed by atoms with Gasteiger partial charge in [0.1, 0.15) is 0 Å². The molecule has 1 atom stereocenters. The lowest BCUT2D eigenvalue weighted by atomic mass is 9.96. The van der Waals surface area contributed by atoms with Gasteiger partial charge in [-0.05, 0) is 52.4 Å². The maximum atomic E-state index is 8.71. The molecule has 3 nitrogen and oxygen atoms in total. The summed E-state index contributed by atoms with van der Waals surface area (Å²) >= 11 is 0. The number of rotatable bonds is 4. The van der Waals surface area contributed by atoms with Crippen molar-refractivity contribution in [1.82, 2.24) is 10.2 Å². The Morgan fingerprint density at radius 2 is 2.14 bits per heavy atom. The molecule has 1 rings (SSSR count). The van der Waals surface area contributed by atoms with Gasteiger partial charge in [-0.2, -0.15) is 5.26 Å². The smallest absolute Gasteiger partial charge is 0.0666 e. The summed E-state index contributed by atoms with van der Waals surface area (Å²) in [5, 5.41) is 11.9. The first-order valence-corrected chi connectivity index (χ1v) is 5.52. The van der Waals surface area contributed by atoms with E-state index in [0.29, 0.717) is 0 Å². The molecule has 1 unspecified atom stereocenters. The van der Waals surface area contributed by atoms with Crippen LogP contribution in [0.25, 0.3) is 0 Å². The quantitative estimate of drug-likeness (QED) is 0.729. The normalized spacial score (nSPS) is 21.8. The van der Waals surface area contributed by atoms with Crippen LogP contribution in [0.4, 0.5) is 0 Å². The van der Waals surface area contributed by atoms with Gasteiger partial charge in [-0.15, -0.1) is 0 Å². The molecule has 1 aliphatic rings. The molecule has 0 radical (unpaired) electrons. The molecule has 0 aromatic rings. The van der Waals surface area contributed by atoms with Gasteiger partial charge in [-0.1, -0.05) is 0 Å². The van der Waals surface area contributed by atoms with Gasteiger partial charge in [0.25, 0.3) is 0 Å². The van der Waals surface area contributed by atoms with Crippen LogP contribution in [0.2, 0.25) is 0 Å². The summed E-state index contributed by atoms with van der Waals surface area (Å²) < 4.78 is 0. The van der Waals surface area contributed by atoms with Crippen molar-refractivity contribution in [2.24, 2.45) is 11.8 Å². The lowest BCUT2D eigenvalue weighted by Gasteiger charge is -2.32. The number of nitrogens with zero attached hydrogens (tertiary/aromatic N) is 2. The van der Waals surface area contributed by atoms with Crippen LogP contribution in [0, 0.1) is 23.2 Å². The third kappa shape index (κ3) is 3.65. The minimum atomic E-state index is 0.177. The largest absolute Gasteiger partial charge is 0.319 e. The summed E-state index contributed by atoms with van der Waals surface area (Å²) in [4.78, 5) is 2.42. The summed E-state index contributed by atoms with van der Waals surface area (Å²) in [6.45, 7) is 6.42.